The van der Waals surface area contributed by atoms with Gasteiger partial charge in [0.15, 0.2) is 0 Å². The Hall–Kier alpha value is -1.12. The summed E-state index contributed by atoms with van der Waals surface area (Å²) in [6.07, 6.45) is 2.34. The first-order chi connectivity index (χ1) is 4.75. The summed E-state index contributed by atoms with van der Waals surface area (Å²) in [5.74, 6) is 0.826. The quantitative estimate of drug-likeness (QED) is 0.561. The fraction of sp³-hybridized carbons (Fsp3) is 0.429. The molecule has 0 bridgehead atoms. The minimum Gasteiger partial charge on any atom is -0.300 e. The second kappa shape index (κ2) is 2.64. The molecule has 3 nitrogen and oxygen atoms in total. The molecule has 0 saturated heterocycles. The molecule has 1 heterocycles. The maximum Gasteiger partial charge on any atom is 0.253 e. The molecule has 0 aromatic carbocycles. The van der Waals surface area contributed by atoms with E-state index in [2.05, 4.69) is 4.98 Å². The number of nitrogens with zero attached hydrogens (tertiary/aromatic N) is 2. The van der Waals surface area contributed by atoms with Crippen LogP contribution < -0.4 is 5.56 Å². The Balaban J connectivity index is 3.28. The van der Waals surface area contributed by atoms with Crippen molar-refractivity contribution in [2.24, 2.45) is 7.05 Å². The molecule has 0 radical (unpaired) electrons. The molecular formula is C7H10N2O. The first kappa shape index (κ1) is 6.99. The second-order valence-corrected chi connectivity index (χ2v) is 2.11. The Kier molecular flexibility index (Phi) is 1.85. The van der Waals surface area contributed by atoms with Crippen molar-refractivity contribution < 1.29 is 0 Å². The predicted octanol–water partition coefficient (Wildman–Crippen LogP) is 0.343. The van der Waals surface area contributed by atoms with Crippen LogP contribution in [0.2, 0.25) is 0 Å². The van der Waals surface area contributed by atoms with Crippen molar-refractivity contribution in [2.75, 3.05) is 0 Å². The lowest BCUT2D eigenvalue weighted by Gasteiger charge is -2.00. The molecular weight excluding hydrogens is 128 g/mol. The summed E-state index contributed by atoms with van der Waals surface area (Å²) in [6.45, 7) is 1.97. The van der Waals surface area contributed by atoms with Crippen molar-refractivity contribution >= 4 is 0 Å². The average molecular weight is 138 g/mol. The fourth-order valence-corrected chi connectivity index (χ4v) is 0.841. The van der Waals surface area contributed by atoms with Gasteiger partial charge < -0.3 is 0 Å². The Labute approximate surface area is 59.3 Å². The Morgan fingerprint density at radius 3 is 2.90 bits per heavy atom. The summed E-state index contributed by atoms with van der Waals surface area (Å²) < 4.78 is 1.56. The van der Waals surface area contributed by atoms with Crippen LogP contribution >= 0.6 is 0 Å². The minimum absolute atomic E-state index is 0.00634. The number of rotatable bonds is 1. The molecule has 0 spiro atoms. The number of aromatic nitrogens is 2. The number of hydrogen-bond acceptors (Lipinski definition) is 2. The van der Waals surface area contributed by atoms with Gasteiger partial charge in [-0.15, -0.1) is 0 Å². The van der Waals surface area contributed by atoms with Crippen molar-refractivity contribution in [3.63, 3.8) is 0 Å². The summed E-state index contributed by atoms with van der Waals surface area (Å²) in [5.41, 5.74) is 0.00634. The monoisotopic (exact) mass is 138 g/mol. The summed E-state index contributed by atoms with van der Waals surface area (Å²) in [6, 6.07) is 1.46. The van der Waals surface area contributed by atoms with Gasteiger partial charge >= 0.3 is 0 Å². The summed E-state index contributed by atoms with van der Waals surface area (Å²) in [5, 5.41) is 0. The molecule has 10 heavy (non-hydrogen) atoms. The van der Waals surface area contributed by atoms with Crippen LogP contribution in [-0.4, -0.2) is 9.55 Å². The summed E-state index contributed by atoms with van der Waals surface area (Å²) in [4.78, 5) is 14.9. The van der Waals surface area contributed by atoms with Gasteiger partial charge in [-0.3, -0.25) is 9.36 Å². The van der Waals surface area contributed by atoms with Gasteiger partial charge in [-0.25, -0.2) is 4.98 Å². The lowest BCUT2D eigenvalue weighted by Crippen LogP contribution is -2.19. The third-order valence-corrected chi connectivity index (χ3v) is 1.47. The Bertz CT molecular complexity index is 277. The van der Waals surface area contributed by atoms with Crippen LogP contribution in [0.3, 0.4) is 0 Å². The molecule has 1 aromatic heterocycles. The standard InChI is InChI=1S/C7H10N2O/c1-3-6-8-5-4-7(10)9(6)2/h4-5H,3H2,1-2H3. The van der Waals surface area contributed by atoms with Crippen LogP contribution in [-0.2, 0) is 13.5 Å². The maximum atomic E-state index is 10.9. The SMILES string of the molecule is CCc1nccc(=O)n1C. The van der Waals surface area contributed by atoms with E-state index in [-0.39, 0.29) is 5.56 Å². The van der Waals surface area contributed by atoms with Crippen molar-refractivity contribution in [2.45, 2.75) is 13.3 Å². The molecule has 0 saturated carbocycles. The van der Waals surface area contributed by atoms with Crippen LogP contribution in [0, 0.1) is 0 Å². The van der Waals surface area contributed by atoms with Crippen LogP contribution in [0.4, 0.5) is 0 Å². The lowest BCUT2D eigenvalue weighted by atomic mass is 10.4. The van der Waals surface area contributed by atoms with Gasteiger partial charge in [0, 0.05) is 25.7 Å². The summed E-state index contributed by atoms with van der Waals surface area (Å²) in [7, 11) is 1.73. The van der Waals surface area contributed by atoms with Gasteiger partial charge in [-0.1, -0.05) is 6.92 Å². The molecule has 0 N–H and O–H groups in total. The number of hydrogen-bond donors (Lipinski definition) is 0. The zero-order chi connectivity index (χ0) is 7.56. The van der Waals surface area contributed by atoms with Crippen molar-refractivity contribution in [3.8, 4) is 0 Å². The van der Waals surface area contributed by atoms with E-state index in [0.717, 1.165) is 12.2 Å². The molecule has 1 aromatic rings. The van der Waals surface area contributed by atoms with E-state index in [1.165, 1.54) is 6.07 Å². The van der Waals surface area contributed by atoms with Crippen LogP contribution in [0.5, 0.6) is 0 Å². The van der Waals surface area contributed by atoms with Gasteiger partial charge in [0.25, 0.3) is 5.56 Å². The highest BCUT2D eigenvalue weighted by molar-refractivity contribution is 4.91. The van der Waals surface area contributed by atoms with Gasteiger partial charge in [0.05, 0.1) is 0 Å². The number of aryl methyl sites for hydroxylation is 1. The molecule has 1 rings (SSSR count). The van der Waals surface area contributed by atoms with Crippen molar-refractivity contribution in [1.29, 1.82) is 0 Å². The fourth-order valence-electron chi connectivity index (χ4n) is 0.841. The lowest BCUT2D eigenvalue weighted by molar-refractivity contribution is 0.736. The zero-order valence-corrected chi connectivity index (χ0v) is 6.16. The van der Waals surface area contributed by atoms with E-state index < -0.39 is 0 Å². The third-order valence-electron chi connectivity index (χ3n) is 1.47. The smallest absolute Gasteiger partial charge is 0.253 e. The average Bonchev–Trinajstić information content (AvgIpc) is 1.95. The highest BCUT2D eigenvalue weighted by Gasteiger charge is 1.94. The molecule has 0 aliphatic heterocycles. The summed E-state index contributed by atoms with van der Waals surface area (Å²) >= 11 is 0. The zero-order valence-electron chi connectivity index (χ0n) is 6.16. The molecule has 3 heteroatoms. The van der Waals surface area contributed by atoms with Gasteiger partial charge in [0.1, 0.15) is 5.82 Å². The van der Waals surface area contributed by atoms with Gasteiger partial charge in [-0.05, 0) is 0 Å². The largest absolute Gasteiger partial charge is 0.300 e. The molecule has 0 unspecified atom stereocenters. The normalized spacial score (nSPS) is 9.80. The maximum absolute atomic E-state index is 10.9. The van der Waals surface area contributed by atoms with Crippen LogP contribution in [0.1, 0.15) is 12.7 Å². The van der Waals surface area contributed by atoms with Gasteiger partial charge in [0.2, 0.25) is 0 Å². The molecule has 0 aliphatic rings. The highest BCUT2D eigenvalue weighted by atomic mass is 16.1. The van der Waals surface area contributed by atoms with E-state index in [1.54, 1.807) is 17.8 Å². The Morgan fingerprint density at radius 2 is 2.40 bits per heavy atom. The van der Waals surface area contributed by atoms with Crippen molar-refractivity contribution in [1.82, 2.24) is 9.55 Å². The van der Waals surface area contributed by atoms with E-state index in [1.807, 2.05) is 6.92 Å². The van der Waals surface area contributed by atoms with E-state index in [4.69, 9.17) is 0 Å². The van der Waals surface area contributed by atoms with Gasteiger partial charge in [-0.2, -0.15) is 0 Å². The molecule has 54 valence electrons. The van der Waals surface area contributed by atoms with E-state index in [9.17, 15) is 4.79 Å². The molecule has 0 aliphatic carbocycles. The third kappa shape index (κ3) is 1.07. The molecule has 0 amide bonds. The van der Waals surface area contributed by atoms with Crippen molar-refractivity contribution in [3.05, 3.63) is 28.4 Å². The first-order valence-corrected chi connectivity index (χ1v) is 3.26. The highest BCUT2D eigenvalue weighted by Crippen LogP contribution is 1.87. The topological polar surface area (TPSA) is 34.9 Å². The van der Waals surface area contributed by atoms with Crippen LogP contribution in [0.25, 0.3) is 0 Å². The first-order valence-electron chi connectivity index (χ1n) is 3.26. The van der Waals surface area contributed by atoms with E-state index in [0.29, 0.717) is 0 Å². The molecule has 0 atom stereocenters. The Morgan fingerprint density at radius 1 is 1.70 bits per heavy atom. The predicted molar refractivity (Wildman–Crippen MR) is 38.9 cm³/mol. The van der Waals surface area contributed by atoms with Crippen LogP contribution in [0.15, 0.2) is 17.1 Å². The second-order valence-electron chi connectivity index (χ2n) is 2.11. The van der Waals surface area contributed by atoms with E-state index >= 15 is 0 Å². The minimum atomic E-state index is 0.00634. The molecule has 0 fully saturated rings.